The molecule has 1 saturated heterocycles. The zero-order chi connectivity index (χ0) is 18.6. The molecule has 1 aromatic rings. The van der Waals surface area contributed by atoms with Crippen LogP contribution >= 0.6 is 0 Å². The lowest BCUT2D eigenvalue weighted by molar-refractivity contribution is 0.0600. The molecule has 2 rings (SSSR count). The molecule has 0 aromatic heterocycles. The highest BCUT2D eigenvalue weighted by molar-refractivity contribution is 5.89. The van der Waals surface area contributed by atoms with Gasteiger partial charge in [0.2, 0.25) is 0 Å². The Balaban J connectivity index is 2.11. The Morgan fingerprint density at radius 1 is 1.40 bits per heavy atom. The third-order valence-corrected chi connectivity index (χ3v) is 5.43. The van der Waals surface area contributed by atoms with Gasteiger partial charge in [0.15, 0.2) is 0 Å². The van der Waals surface area contributed by atoms with E-state index in [4.69, 9.17) is 4.74 Å². The first-order valence-corrected chi connectivity index (χ1v) is 9.18. The number of likely N-dealkylation sites (tertiary alicyclic amines) is 1. The number of nitrogens with zero attached hydrogens (tertiary/aromatic N) is 1. The summed E-state index contributed by atoms with van der Waals surface area (Å²) in [7, 11) is 1.31. The molecule has 0 amide bonds. The molecule has 4 heteroatoms. The van der Waals surface area contributed by atoms with Crippen molar-refractivity contribution in [2.24, 2.45) is 0 Å². The zero-order valence-electron chi connectivity index (χ0n) is 16.1. The predicted molar refractivity (Wildman–Crippen MR) is 99.5 cm³/mol. The van der Waals surface area contributed by atoms with Gasteiger partial charge in [-0.2, -0.15) is 0 Å². The van der Waals surface area contributed by atoms with Crippen molar-refractivity contribution in [3.05, 3.63) is 46.3 Å². The monoisotopic (exact) mass is 347 g/mol. The van der Waals surface area contributed by atoms with Crippen LogP contribution in [-0.4, -0.2) is 37.1 Å². The number of benzene rings is 1. The van der Waals surface area contributed by atoms with E-state index in [0.29, 0.717) is 6.04 Å². The van der Waals surface area contributed by atoms with Gasteiger partial charge < -0.3 is 4.74 Å². The van der Waals surface area contributed by atoms with Gasteiger partial charge in [-0.3, -0.25) is 4.90 Å². The van der Waals surface area contributed by atoms with Crippen molar-refractivity contribution in [3.8, 4) is 0 Å². The molecule has 138 valence electrons. The van der Waals surface area contributed by atoms with Crippen LogP contribution in [0.4, 0.5) is 4.39 Å². The van der Waals surface area contributed by atoms with Gasteiger partial charge in [-0.25, -0.2) is 9.18 Å². The Bertz CT molecular complexity index is 622. The number of aryl methyl sites for hydroxylation is 1. The number of carbonyl (C=O) groups excluding carboxylic acids is 1. The molecule has 0 spiro atoms. The molecule has 3 nitrogen and oxygen atoms in total. The number of halogens is 1. The Labute approximate surface area is 150 Å². The summed E-state index contributed by atoms with van der Waals surface area (Å²) in [6, 6.07) is 3.50. The largest absolute Gasteiger partial charge is 0.465 e. The summed E-state index contributed by atoms with van der Waals surface area (Å²) in [5, 5.41) is 0. The number of carbonyl (C=O) groups is 1. The second-order valence-corrected chi connectivity index (χ2v) is 7.02. The molecule has 0 bridgehead atoms. The lowest BCUT2D eigenvalue weighted by Gasteiger charge is -2.37. The summed E-state index contributed by atoms with van der Waals surface area (Å²) in [4.78, 5) is 14.1. The van der Waals surface area contributed by atoms with Crippen LogP contribution in [-0.2, 0) is 4.74 Å². The van der Waals surface area contributed by atoms with Crippen molar-refractivity contribution >= 4 is 5.97 Å². The number of hydrogen-bond donors (Lipinski definition) is 0. The molecule has 1 aliphatic heterocycles. The second-order valence-electron chi connectivity index (χ2n) is 7.02. The van der Waals surface area contributed by atoms with E-state index in [1.165, 1.54) is 18.7 Å². The maximum Gasteiger partial charge on any atom is 0.337 e. The molecular formula is C21H30FNO2. The van der Waals surface area contributed by atoms with E-state index in [-0.39, 0.29) is 17.3 Å². The summed E-state index contributed by atoms with van der Waals surface area (Å²) in [5.41, 5.74) is 3.30. The highest BCUT2D eigenvalue weighted by Gasteiger charge is 2.27. The van der Waals surface area contributed by atoms with Crippen molar-refractivity contribution in [1.29, 1.82) is 0 Å². The van der Waals surface area contributed by atoms with Crippen molar-refractivity contribution in [2.75, 3.05) is 20.2 Å². The fourth-order valence-electron chi connectivity index (χ4n) is 3.86. The summed E-state index contributed by atoms with van der Waals surface area (Å²) in [6.45, 7) is 10.4. The summed E-state index contributed by atoms with van der Waals surface area (Å²) in [5.74, 6) is -0.560. The topological polar surface area (TPSA) is 29.5 Å². The molecule has 1 heterocycles. The average Bonchev–Trinajstić information content (AvgIpc) is 2.60. The molecule has 25 heavy (non-hydrogen) atoms. The Hall–Kier alpha value is -1.68. The Morgan fingerprint density at radius 2 is 2.04 bits per heavy atom. The van der Waals surface area contributed by atoms with Crippen LogP contribution in [0.1, 0.15) is 67.4 Å². The molecule has 0 radical (unpaired) electrons. The second kappa shape index (κ2) is 8.61. The molecule has 1 fully saturated rings. The highest BCUT2D eigenvalue weighted by Crippen LogP contribution is 2.34. The van der Waals surface area contributed by atoms with Gasteiger partial charge in [0.1, 0.15) is 5.82 Å². The average molecular weight is 347 g/mol. The van der Waals surface area contributed by atoms with Crippen LogP contribution in [0.15, 0.2) is 23.8 Å². The molecule has 1 aliphatic rings. The molecule has 1 unspecified atom stereocenters. The lowest BCUT2D eigenvalue weighted by Crippen LogP contribution is -2.40. The zero-order valence-corrected chi connectivity index (χ0v) is 16.1. The number of methoxy groups -OCH3 is 1. The summed E-state index contributed by atoms with van der Waals surface area (Å²) in [6.07, 6.45) is 5.23. The fraction of sp³-hybridized carbons (Fsp3) is 0.571. The predicted octanol–water partition coefficient (Wildman–Crippen LogP) is 4.84. The van der Waals surface area contributed by atoms with Crippen LogP contribution < -0.4 is 0 Å². The third kappa shape index (κ3) is 4.49. The van der Waals surface area contributed by atoms with E-state index in [1.807, 2.05) is 6.92 Å². The molecule has 1 atom stereocenters. The molecular weight excluding hydrogens is 317 g/mol. The minimum Gasteiger partial charge on any atom is -0.465 e. The Kier molecular flexibility index (Phi) is 6.77. The van der Waals surface area contributed by atoms with Crippen molar-refractivity contribution < 1.29 is 13.9 Å². The van der Waals surface area contributed by atoms with Gasteiger partial charge in [-0.1, -0.05) is 18.6 Å². The Morgan fingerprint density at radius 3 is 2.56 bits per heavy atom. The summed E-state index contributed by atoms with van der Waals surface area (Å²) >= 11 is 0. The first-order chi connectivity index (χ1) is 11.9. The molecule has 1 aromatic carbocycles. The highest BCUT2D eigenvalue weighted by atomic mass is 19.1. The van der Waals surface area contributed by atoms with Crippen molar-refractivity contribution in [2.45, 2.75) is 58.9 Å². The number of piperidine rings is 1. The van der Waals surface area contributed by atoms with Gasteiger partial charge >= 0.3 is 5.97 Å². The quantitative estimate of drug-likeness (QED) is 0.563. The fourth-order valence-corrected chi connectivity index (χ4v) is 3.86. The minimum absolute atomic E-state index is 0.214. The number of ether oxygens (including phenoxy) is 1. The van der Waals surface area contributed by atoms with Crippen LogP contribution in [0.25, 0.3) is 0 Å². The van der Waals surface area contributed by atoms with Crippen LogP contribution in [0.3, 0.4) is 0 Å². The summed E-state index contributed by atoms with van der Waals surface area (Å²) < 4.78 is 19.3. The molecule has 0 aliphatic carbocycles. The van der Waals surface area contributed by atoms with Crippen LogP contribution in [0.5, 0.6) is 0 Å². The minimum atomic E-state index is -0.490. The van der Waals surface area contributed by atoms with E-state index in [0.717, 1.165) is 43.5 Å². The SMILES string of the molecule is CC/C=C(\C)C(C)N1CCC(c2c(C)cc(C(=O)OC)cc2F)CC1. The van der Waals surface area contributed by atoms with Gasteiger partial charge in [0, 0.05) is 6.04 Å². The van der Waals surface area contributed by atoms with E-state index in [9.17, 15) is 9.18 Å². The standard InChI is InChI=1S/C21H30FNO2/c1-6-7-14(2)16(4)23-10-8-17(9-11-23)20-15(3)12-18(13-19(20)22)21(24)25-5/h7,12-13,16-17H,6,8-11H2,1-5H3/b14-7+. The number of hydrogen-bond acceptors (Lipinski definition) is 3. The van der Waals surface area contributed by atoms with Crippen LogP contribution in [0.2, 0.25) is 0 Å². The van der Waals surface area contributed by atoms with Crippen molar-refractivity contribution in [3.63, 3.8) is 0 Å². The smallest absolute Gasteiger partial charge is 0.337 e. The van der Waals surface area contributed by atoms with Gasteiger partial charge in [-0.15, -0.1) is 0 Å². The van der Waals surface area contributed by atoms with Gasteiger partial charge in [0.05, 0.1) is 12.7 Å². The normalized spacial score (nSPS) is 18.2. The third-order valence-electron chi connectivity index (χ3n) is 5.43. The van der Waals surface area contributed by atoms with Gasteiger partial charge in [0.25, 0.3) is 0 Å². The van der Waals surface area contributed by atoms with E-state index in [2.05, 4.69) is 31.7 Å². The van der Waals surface area contributed by atoms with E-state index >= 15 is 0 Å². The molecule has 0 saturated carbocycles. The number of rotatable bonds is 5. The first kappa shape index (κ1) is 19.6. The number of allylic oxidation sites excluding steroid dienone is 1. The van der Waals surface area contributed by atoms with Crippen molar-refractivity contribution in [1.82, 2.24) is 4.90 Å². The lowest BCUT2D eigenvalue weighted by atomic mass is 9.85. The molecule has 0 N–H and O–H groups in total. The van der Waals surface area contributed by atoms with E-state index in [1.54, 1.807) is 6.07 Å². The maximum atomic E-state index is 14.6. The first-order valence-electron chi connectivity index (χ1n) is 9.18. The van der Waals surface area contributed by atoms with Crippen LogP contribution in [0, 0.1) is 12.7 Å². The van der Waals surface area contributed by atoms with E-state index < -0.39 is 5.97 Å². The number of esters is 1. The maximum absolute atomic E-state index is 14.6. The van der Waals surface area contributed by atoms with Gasteiger partial charge in [-0.05, 0) is 82.3 Å².